The predicted molar refractivity (Wildman–Crippen MR) is 81.5 cm³/mol. The molecule has 0 bridgehead atoms. The molecule has 0 aliphatic rings. The zero-order valence-electron chi connectivity index (χ0n) is 13.0. The van der Waals surface area contributed by atoms with Gasteiger partial charge in [-0.1, -0.05) is 45.0 Å². The van der Waals surface area contributed by atoms with Gasteiger partial charge in [0, 0.05) is 19.4 Å². The summed E-state index contributed by atoms with van der Waals surface area (Å²) in [7, 11) is 0. The summed E-state index contributed by atoms with van der Waals surface area (Å²) in [6, 6.07) is 8.32. The molecule has 0 aliphatic heterocycles. The monoisotopic (exact) mass is 275 g/mol. The van der Waals surface area contributed by atoms with Crippen LogP contribution in [0.25, 0.3) is 0 Å². The lowest BCUT2D eigenvalue weighted by Crippen LogP contribution is -2.22. The summed E-state index contributed by atoms with van der Waals surface area (Å²) in [6.07, 6.45) is 1.53. The number of hydrogen-bond acceptors (Lipinski definition) is 2. The van der Waals surface area contributed by atoms with E-state index in [9.17, 15) is 9.59 Å². The molecule has 0 fully saturated rings. The van der Waals surface area contributed by atoms with Crippen molar-refractivity contribution in [3.63, 3.8) is 0 Å². The third kappa shape index (κ3) is 6.00. The van der Waals surface area contributed by atoms with Gasteiger partial charge in [-0.3, -0.25) is 4.79 Å². The lowest BCUT2D eigenvalue weighted by atomic mass is 9.87. The first kappa shape index (κ1) is 16.4. The second-order valence-electron chi connectivity index (χ2n) is 6.28. The highest BCUT2D eigenvalue weighted by molar-refractivity contribution is 5.78. The summed E-state index contributed by atoms with van der Waals surface area (Å²) in [5.41, 5.74) is 2.53. The van der Waals surface area contributed by atoms with E-state index < -0.39 is 0 Å². The number of nitrogens with one attached hydrogen (secondary N) is 1. The van der Waals surface area contributed by atoms with Crippen molar-refractivity contribution in [1.29, 1.82) is 0 Å². The molecule has 0 heterocycles. The standard InChI is InChI=1S/C17H25NO2/c1-13(19)6-5-7-16(20)18-12-14-8-10-15(11-9-14)17(2,3)4/h8-11H,5-7,12H2,1-4H3,(H,18,20). The van der Waals surface area contributed by atoms with Crippen molar-refractivity contribution in [3.8, 4) is 0 Å². The van der Waals surface area contributed by atoms with Crippen molar-refractivity contribution in [2.24, 2.45) is 0 Å². The quantitative estimate of drug-likeness (QED) is 0.865. The maximum Gasteiger partial charge on any atom is 0.220 e. The van der Waals surface area contributed by atoms with E-state index in [1.165, 1.54) is 5.56 Å². The molecule has 0 saturated heterocycles. The van der Waals surface area contributed by atoms with Crippen LogP contribution in [0.2, 0.25) is 0 Å². The van der Waals surface area contributed by atoms with Gasteiger partial charge in [-0.15, -0.1) is 0 Å². The third-order valence-electron chi connectivity index (χ3n) is 3.24. The van der Waals surface area contributed by atoms with Crippen LogP contribution in [0.4, 0.5) is 0 Å². The largest absolute Gasteiger partial charge is 0.352 e. The normalized spacial score (nSPS) is 11.2. The summed E-state index contributed by atoms with van der Waals surface area (Å²) in [6.45, 7) is 8.63. The fourth-order valence-corrected chi connectivity index (χ4v) is 1.91. The van der Waals surface area contributed by atoms with Gasteiger partial charge in [-0.05, 0) is 29.9 Å². The molecule has 20 heavy (non-hydrogen) atoms. The van der Waals surface area contributed by atoms with Crippen molar-refractivity contribution in [2.75, 3.05) is 0 Å². The minimum absolute atomic E-state index is 0.00569. The van der Waals surface area contributed by atoms with E-state index in [1.807, 2.05) is 0 Å². The van der Waals surface area contributed by atoms with Crippen molar-refractivity contribution in [2.45, 2.75) is 58.9 Å². The first-order chi connectivity index (χ1) is 9.29. The summed E-state index contributed by atoms with van der Waals surface area (Å²) >= 11 is 0. The molecule has 3 nitrogen and oxygen atoms in total. The van der Waals surface area contributed by atoms with E-state index in [1.54, 1.807) is 6.92 Å². The van der Waals surface area contributed by atoms with Gasteiger partial charge in [-0.2, -0.15) is 0 Å². The highest BCUT2D eigenvalue weighted by atomic mass is 16.1. The Bertz CT molecular complexity index is 455. The van der Waals surface area contributed by atoms with E-state index >= 15 is 0 Å². The number of amides is 1. The molecule has 1 N–H and O–H groups in total. The van der Waals surface area contributed by atoms with Crippen molar-refractivity contribution < 1.29 is 9.59 Å². The Morgan fingerprint density at radius 1 is 1.05 bits per heavy atom. The van der Waals surface area contributed by atoms with Crippen LogP contribution >= 0.6 is 0 Å². The second-order valence-corrected chi connectivity index (χ2v) is 6.28. The molecule has 0 spiro atoms. The molecule has 1 aromatic rings. The van der Waals surface area contributed by atoms with Crippen molar-refractivity contribution in [1.82, 2.24) is 5.32 Å². The van der Waals surface area contributed by atoms with Crippen LogP contribution in [-0.2, 0) is 21.5 Å². The number of rotatable bonds is 6. The lowest BCUT2D eigenvalue weighted by Gasteiger charge is -2.19. The van der Waals surface area contributed by atoms with Crippen LogP contribution in [0.3, 0.4) is 0 Å². The molecule has 0 unspecified atom stereocenters. The van der Waals surface area contributed by atoms with Crippen LogP contribution in [0.1, 0.15) is 58.1 Å². The maximum absolute atomic E-state index is 11.6. The maximum atomic E-state index is 11.6. The smallest absolute Gasteiger partial charge is 0.220 e. The zero-order valence-corrected chi connectivity index (χ0v) is 13.0. The molecule has 0 atom stereocenters. The van der Waals surface area contributed by atoms with Gasteiger partial charge >= 0.3 is 0 Å². The second kappa shape index (κ2) is 7.22. The Balaban J connectivity index is 2.38. The first-order valence-corrected chi connectivity index (χ1v) is 7.14. The molecule has 0 aromatic heterocycles. The predicted octanol–water partition coefficient (Wildman–Crippen LogP) is 3.36. The van der Waals surface area contributed by atoms with Gasteiger partial charge < -0.3 is 10.1 Å². The molecule has 0 saturated carbocycles. The SMILES string of the molecule is CC(=O)CCCC(=O)NCc1ccc(C(C)(C)C)cc1. The van der Waals surface area contributed by atoms with Gasteiger partial charge in [0.2, 0.25) is 5.91 Å². The van der Waals surface area contributed by atoms with Gasteiger partial charge in [0.1, 0.15) is 5.78 Å². The minimum atomic E-state index is 0.00569. The average molecular weight is 275 g/mol. The molecular weight excluding hydrogens is 250 g/mol. The van der Waals surface area contributed by atoms with Gasteiger partial charge in [-0.25, -0.2) is 0 Å². The molecular formula is C17H25NO2. The fraction of sp³-hybridized carbons (Fsp3) is 0.529. The Labute approximate surface area is 121 Å². The summed E-state index contributed by atoms with van der Waals surface area (Å²) in [5, 5.41) is 2.88. The molecule has 1 aromatic carbocycles. The minimum Gasteiger partial charge on any atom is -0.352 e. The van der Waals surface area contributed by atoms with Gasteiger partial charge in [0.05, 0.1) is 0 Å². The van der Waals surface area contributed by atoms with E-state index in [0.29, 0.717) is 25.8 Å². The highest BCUT2D eigenvalue weighted by Gasteiger charge is 2.12. The lowest BCUT2D eigenvalue weighted by molar-refractivity contribution is -0.121. The summed E-state index contributed by atoms with van der Waals surface area (Å²) in [4.78, 5) is 22.4. The van der Waals surface area contributed by atoms with Crippen LogP contribution in [-0.4, -0.2) is 11.7 Å². The fourth-order valence-electron chi connectivity index (χ4n) is 1.91. The Morgan fingerprint density at radius 3 is 2.15 bits per heavy atom. The van der Waals surface area contributed by atoms with Crippen LogP contribution < -0.4 is 5.32 Å². The summed E-state index contributed by atoms with van der Waals surface area (Å²) in [5.74, 6) is 0.140. The number of benzene rings is 1. The van der Waals surface area contributed by atoms with Crippen molar-refractivity contribution in [3.05, 3.63) is 35.4 Å². The number of ketones is 1. The van der Waals surface area contributed by atoms with Gasteiger partial charge in [0.25, 0.3) is 0 Å². The molecule has 1 amide bonds. The molecule has 3 heteroatoms. The number of carbonyl (C=O) groups is 2. The van der Waals surface area contributed by atoms with Crippen LogP contribution in [0.15, 0.2) is 24.3 Å². The molecule has 0 aliphatic carbocycles. The third-order valence-corrected chi connectivity index (χ3v) is 3.24. The Morgan fingerprint density at radius 2 is 1.65 bits per heavy atom. The highest BCUT2D eigenvalue weighted by Crippen LogP contribution is 2.22. The Hall–Kier alpha value is -1.64. The average Bonchev–Trinajstić information content (AvgIpc) is 2.35. The number of Topliss-reactive ketones (excluding diaryl/α,β-unsaturated/α-hetero) is 1. The zero-order chi connectivity index (χ0) is 15.2. The van der Waals surface area contributed by atoms with E-state index in [4.69, 9.17) is 0 Å². The molecule has 0 radical (unpaired) electrons. The van der Waals surface area contributed by atoms with Crippen LogP contribution in [0.5, 0.6) is 0 Å². The molecule has 1 rings (SSSR count). The first-order valence-electron chi connectivity index (χ1n) is 7.14. The summed E-state index contributed by atoms with van der Waals surface area (Å²) < 4.78 is 0. The molecule has 110 valence electrons. The van der Waals surface area contributed by atoms with E-state index in [0.717, 1.165) is 5.56 Å². The number of hydrogen-bond donors (Lipinski definition) is 1. The van der Waals surface area contributed by atoms with E-state index in [2.05, 4.69) is 50.4 Å². The number of carbonyl (C=O) groups excluding carboxylic acids is 2. The van der Waals surface area contributed by atoms with Gasteiger partial charge in [0.15, 0.2) is 0 Å². The van der Waals surface area contributed by atoms with E-state index in [-0.39, 0.29) is 17.1 Å². The van der Waals surface area contributed by atoms with Crippen LogP contribution in [0, 0.1) is 0 Å². The topological polar surface area (TPSA) is 46.2 Å². The van der Waals surface area contributed by atoms with Crippen molar-refractivity contribution >= 4 is 11.7 Å². The Kier molecular flexibility index (Phi) is 5.93.